The van der Waals surface area contributed by atoms with E-state index in [2.05, 4.69) is 11.4 Å². The largest absolute Gasteiger partial charge is 0.382 e. The second-order valence-corrected chi connectivity index (χ2v) is 7.76. The van der Waals surface area contributed by atoms with Crippen molar-refractivity contribution in [2.75, 3.05) is 5.32 Å². The number of benzene rings is 2. The smallest absolute Gasteiger partial charge is 0.272 e. The summed E-state index contributed by atoms with van der Waals surface area (Å²) < 4.78 is 23.1. The van der Waals surface area contributed by atoms with E-state index in [1.165, 1.54) is 17.7 Å². The zero-order chi connectivity index (χ0) is 18.8. The molecule has 0 aliphatic rings. The summed E-state index contributed by atoms with van der Waals surface area (Å²) in [6, 6.07) is 9.67. The predicted molar refractivity (Wildman–Crippen MR) is 97.2 cm³/mol. The van der Waals surface area contributed by atoms with E-state index in [0.29, 0.717) is 12.1 Å². The molecule has 0 fully saturated rings. The number of nitrogens with one attached hydrogen (secondary N) is 1. The van der Waals surface area contributed by atoms with E-state index in [1.54, 1.807) is 0 Å². The third-order valence-electron chi connectivity index (χ3n) is 3.87. The molecule has 7 nitrogen and oxygen atoms in total. The van der Waals surface area contributed by atoms with Gasteiger partial charge in [0.15, 0.2) is 0 Å². The van der Waals surface area contributed by atoms with Crippen molar-refractivity contribution in [2.24, 2.45) is 5.14 Å². The van der Waals surface area contributed by atoms with Crippen LogP contribution in [0.5, 0.6) is 0 Å². The Bertz CT molecular complexity index is 910. The average molecular weight is 363 g/mol. The van der Waals surface area contributed by atoms with Crippen LogP contribution in [0.3, 0.4) is 0 Å². The highest BCUT2D eigenvalue weighted by molar-refractivity contribution is 7.89. The fourth-order valence-electron chi connectivity index (χ4n) is 2.68. The first-order valence-corrected chi connectivity index (χ1v) is 9.26. The summed E-state index contributed by atoms with van der Waals surface area (Å²) in [6.45, 7) is 5.98. The van der Waals surface area contributed by atoms with E-state index in [1.807, 2.05) is 32.9 Å². The number of nitro groups is 1. The van der Waals surface area contributed by atoms with Gasteiger partial charge in [-0.15, -0.1) is 0 Å². The van der Waals surface area contributed by atoms with Crippen LogP contribution in [0, 0.1) is 24.0 Å². The molecule has 2 rings (SSSR count). The Balaban J connectivity index is 2.26. The van der Waals surface area contributed by atoms with Crippen LogP contribution in [-0.4, -0.2) is 19.4 Å². The Morgan fingerprint density at radius 2 is 1.88 bits per heavy atom. The molecule has 0 aliphatic carbocycles. The lowest BCUT2D eigenvalue weighted by atomic mass is 10.00. The Labute approximate surface area is 147 Å². The van der Waals surface area contributed by atoms with E-state index < -0.39 is 14.9 Å². The Hall–Kier alpha value is -2.45. The third-order valence-corrected chi connectivity index (χ3v) is 4.76. The number of hydrogen-bond donors (Lipinski definition) is 2. The summed E-state index contributed by atoms with van der Waals surface area (Å²) >= 11 is 0. The predicted octanol–water partition coefficient (Wildman–Crippen LogP) is 2.90. The summed E-state index contributed by atoms with van der Waals surface area (Å²) in [5.74, 6) is 0. The number of anilines is 1. The lowest BCUT2D eigenvalue weighted by Gasteiger charge is -2.17. The number of sulfonamides is 1. The SMILES string of the molecule is Cc1ccc(CC(C)Nc2cc([N+](=O)[O-])cc(S(N)(=O)=O)c2)c(C)c1. The van der Waals surface area contributed by atoms with Crippen LogP contribution in [0.4, 0.5) is 11.4 Å². The minimum absolute atomic E-state index is 0.0586. The quantitative estimate of drug-likeness (QED) is 0.605. The average Bonchev–Trinajstić information content (AvgIpc) is 2.49. The second-order valence-electron chi connectivity index (χ2n) is 6.20. The molecule has 134 valence electrons. The zero-order valence-corrected chi connectivity index (χ0v) is 15.1. The number of nitrogens with zero attached hydrogens (tertiary/aromatic N) is 1. The van der Waals surface area contributed by atoms with Crippen LogP contribution >= 0.6 is 0 Å². The molecule has 0 aromatic heterocycles. The summed E-state index contributed by atoms with van der Waals surface area (Å²) in [5.41, 5.74) is 3.52. The van der Waals surface area contributed by atoms with Crippen molar-refractivity contribution in [3.05, 3.63) is 63.2 Å². The molecule has 0 amide bonds. The minimum atomic E-state index is -4.03. The zero-order valence-electron chi connectivity index (χ0n) is 14.3. The molecule has 2 aromatic rings. The number of hydrogen-bond acceptors (Lipinski definition) is 5. The highest BCUT2D eigenvalue weighted by Gasteiger charge is 2.17. The van der Waals surface area contributed by atoms with Crippen LogP contribution in [0.2, 0.25) is 0 Å². The molecule has 0 saturated heterocycles. The van der Waals surface area contributed by atoms with Gasteiger partial charge in [0.25, 0.3) is 5.69 Å². The molecule has 1 atom stereocenters. The van der Waals surface area contributed by atoms with Crippen molar-refractivity contribution in [1.29, 1.82) is 0 Å². The van der Waals surface area contributed by atoms with Crippen LogP contribution in [-0.2, 0) is 16.4 Å². The van der Waals surface area contributed by atoms with E-state index in [-0.39, 0.29) is 16.6 Å². The summed E-state index contributed by atoms with van der Waals surface area (Å²) in [6.07, 6.45) is 0.694. The van der Waals surface area contributed by atoms with Gasteiger partial charge in [0.1, 0.15) is 0 Å². The number of primary sulfonamides is 1. The van der Waals surface area contributed by atoms with Crippen molar-refractivity contribution in [1.82, 2.24) is 0 Å². The first-order valence-electron chi connectivity index (χ1n) is 7.71. The van der Waals surface area contributed by atoms with E-state index in [4.69, 9.17) is 5.14 Å². The molecule has 8 heteroatoms. The molecule has 0 bridgehead atoms. The monoisotopic (exact) mass is 363 g/mol. The lowest BCUT2D eigenvalue weighted by Crippen LogP contribution is -2.19. The molecule has 0 saturated carbocycles. The third kappa shape index (κ3) is 5.01. The Kier molecular flexibility index (Phi) is 5.44. The molecular formula is C17H21N3O4S. The lowest BCUT2D eigenvalue weighted by molar-refractivity contribution is -0.385. The van der Waals surface area contributed by atoms with Gasteiger partial charge in [-0.25, -0.2) is 13.6 Å². The number of rotatable bonds is 6. The number of nitrogens with two attached hydrogens (primary N) is 1. The van der Waals surface area contributed by atoms with Gasteiger partial charge in [0, 0.05) is 23.9 Å². The number of aryl methyl sites for hydroxylation is 2. The highest BCUT2D eigenvalue weighted by atomic mass is 32.2. The van der Waals surface area contributed by atoms with Gasteiger partial charge in [0.2, 0.25) is 10.0 Å². The normalized spacial score (nSPS) is 12.6. The molecule has 0 heterocycles. The van der Waals surface area contributed by atoms with Crippen molar-refractivity contribution < 1.29 is 13.3 Å². The topological polar surface area (TPSA) is 115 Å². The van der Waals surface area contributed by atoms with Gasteiger partial charge in [-0.05, 0) is 44.4 Å². The van der Waals surface area contributed by atoms with Gasteiger partial charge in [-0.3, -0.25) is 10.1 Å². The molecule has 3 N–H and O–H groups in total. The van der Waals surface area contributed by atoms with Crippen molar-refractivity contribution in [3.63, 3.8) is 0 Å². The van der Waals surface area contributed by atoms with E-state index in [9.17, 15) is 18.5 Å². The molecule has 0 spiro atoms. The Morgan fingerprint density at radius 3 is 2.44 bits per heavy atom. The molecule has 1 unspecified atom stereocenters. The fourth-order valence-corrected chi connectivity index (χ4v) is 3.25. The molecule has 2 aromatic carbocycles. The van der Waals surface area contributed by atoms with Crippen LogP contribution in [0.15, 0.2) is 41.3 Å². The van der Waals surface area contributed by atoms with Crippen LogP contribution in [0.25, 0.3) is 0 Å². The Morgan fingerprint density at radius 1 is 1.20 bits per heavy atom. The number of non-ortho nitro benzene ring substituents is 1. The van der Waals surface area contributed by atoms with Gasteiger partial charge in [-0.1, -0.05) is 23.8 Å². The van der Waals surface area contributed by atoms with Gasteiger partial charge in [0.05, 0.1) is 9.82 Å². The summed E-state index contributed by atoms with van der Waals surface area (Å²) in [5, 5.41) is 19.2. The molecule has 0 aliphatic heterocycles. The second kappa shape index (κ2) is 7.20. The molecule has 0 radical (unpaired) electrons. The maximum absolute atomic E-state index is 11.5. The summed E-state index contributed by atoms with van der Waals surface area (Å²) in [4.78, 5) is 10.1. The highest BCUT2D eigenvalue weighted by Crippen LogP contribution is 2.24. The van der Waals surface area contributed by atoms with Crippen molar-refractivity contribution in [2.45, 2.75) is 38.1 Å². The van der Waals surface area contributed by atoms with E-state index in [0.717, 1.165) is 17.2 Å². The maximum atomic E-state index is 11.5. The van der Waals surface area contributed by atoms with Crippen molar-refractivity contribution in [3.8, 4) is 0 Å². The van der Waals surface area contributed by atoms with Crippen LogP contribution < -0.4 is 10.5 Å². The first-order chi connectivity index (χ1) is 11.6. The maximum Gasteiger partial charge on any atom is 0.272 e. The standard InChI is InChI=1S/C17H21N3O4S/c1-11-4-5-14(12(2)6-11)7-13(3)19-15-8-16(20(21)22)10-17(9-15)25(18,23)24/h4-6,8-10,13,19H,7H2,1-3H3,(H2,18,23,24). The fraction of sp³-hybridized carbons (Fsp3) is 0.294. The summed E-state index contributed by atoms with van der Waals surface area (Å²) in [7, 11) is -4.03. The van der Waals surface area contributed by atoms with Crippen LogP contribution in [0.1, 0.15) is 23.6 Å². The van der Waals surface area contributed by atoms with Crippen molar-refractivity contribution >= 4 is 21.4 Å². The van der Waals surface area contributed by atoms with Gasteiger partial charge in [-0.2, -0.15) is 0 Å². The van der Waals surface area contributed by atoms with Gasteiger partial charge < -0.3 is 5.32 Å². The van der Waals surface area contributed by atoms with E-state index >= 15 is 0 Å². The minimum Gasteiger partial charge on any atom is -0.382 e. The number of nitro benzene ring substituents is 1. The van der Waals surface area contributed by atoms with Gasteiger partial charge >= 0.3 is 0 Å². The first kappa shape index (κ1) is 18.9. The molecular weight excluding hydrogens is 342 g/mol. The molecule has 25 heavy (non-hydrogen) atoms.